The lowest BCUT2D eigenvalue weighted by Gasteiger charge is -2.21. The van der Waals surface area contributed by atoms with Crippen molar-refractivity contribution in [1.82, 2.24) is 10.3 Å². The molecule has 1 rings (SSSR count). The van der Waals surface area contributed by atoms with Crippen LogP contribution in [-0.2, 0) is 11.3 Å². The quantitative estimate of drug-likeness (QED) is 0.824. The highest BCUT2D eigenvalue weighted by Gasteiger charge is 2.09. The lowest BCUT2D eigenvalue weighted by molar-refractivity contribution is 0.0633. The van der Waals surface area contributed by atoms with E-state index in [-0.39, 0.29) is 11.6 Å². The molecule has 0 saturated carbocycles. The molecule has 19 heavy (non-hydrogen) atoms. The largest absolute Gasteiger partial charge is 0.472 e. The molecule has 0 saturated heterocycles. The van der Waals surface area contributed by atoms with Crippen LogP contribution in [0, 0.1) is 0 Å². The molecule has 0 amide bonds. The van der Waals surface area contributed by atoms with E-state index in [4.69, 9.17) is 9.47 Å². The summed E-state index contributed by atoms with van der Waals surface area (Å²) >= 11 is 0. The molecule has 0 aromatic carbocycles. The Balaban J connectivity index is 2.52. The molecule has 0 aliphatic heterocycles. The Morgan fingerprint density at radius 3 is 2.74 bits per heavy atom. The van der Waals surface area contributed by atoms with Crippen LogP contribution in [0.3, 0.4) is 0 Å². The van der Waals surface area contributed by atoms with Crippen LogP contribution in [0.5, 0.6) is 5.88 Å². The lowest BCUT2D eigenvalue weighted by Crippen LogP contribution is -2.35. The first-order valence-corrected chi connectivity index (χ1v) is 6.85. The molecule has 0 fully saturated rings. The van der Waals surface area contributed by atoms with E-state index in [9.17, 15) is 0 Å². The van der Waals surface area contributed by atoms with E-state index in [1.807, 2.05) is 26.0 Å². The second-order valence-corrected chi connectivity index (χ2v) is 5.69. The van der Waals surface area contributed by atoms with Crippen molar-refractivity contribution in [3.63, 3.8) is 0 Å². The smallest absolute Gasteiger partial charge is 0.213 e. The predicted octanol–water partition coefficient (Wildman–Crippen LogP) is 2.77. The summed E-state index contributed by atoms with van der Waals surface area (Å²) < 4.78 is 11.0. The average Bonchev–Trinajstić information content (AvgIpc) is 2.33. The first kappa shape index (κ1) is 15.9. The number of aromatic nitrogens is 1. The van der Waals surface area contributed by atoms with Crippen molar-refractivity contribution >= 4 is 0 Å². The maximum Gasteiger partial charge on any atom is 0.213 e. The van der Waals surface area contributed by atoms with Gasteiger partial charge in [0.1, 0.15) is 6.10 Å². The first-order chi connectivity index (χ1) is 8.90. The molecule has 0 aliphatic carbocycles. The first-order valence-electron chi connectivity index (χ1n) is 6.85. The fourth-order valence-corrected chi connectivity index (χ4v) is 1.52. The Morgan fingerprint density at radius 1 is 1.37 bits per heavy atom. The van der Waals surface area contributed by atoms with Gasteiger partial charge in [-0.05, 0) is 46.2 Å². The molecule has 1 unspecified atom stereocenters. The van der Waals surface area contributed by atoms with E-state index in [0.717, 1.165) is 6.54 Å². The maximum atomic E-state index is 5.73. The lowest BCUT2D eigenvalue weighted by atomic mass is 10.1. The third kappa shape index (κ3) is 7.13. The summed E-state index contributed by atoms with van der Waals surface area (Å²) in [5.74, 6) is 0.653. The minimum Gasteiger partial charge on any atom is -0.472 e. The van der Waals surface area contributed by atoms with Crippen LogP contribution in [0.4, 0.5) is 0 Å². The van der Waals surface area contributed by atoms with Gasteiger partial charge in [-0.15, -0.1) is 0 Å². The molecule has 0 bridgehead atoms. The molecule has 1 aromatic rings. The third-order valence-corrected chi connectivity index (χ3v) is 2.50. The van der Waals surface area contributed by atoms with Gasteiger partial charge in [0.2, 0.25) is 5.88 Å². The van der Waals surface area contributed by atoms with Gasteiger partial charge in [-0.3, -0.25) is 0 Å². The van der Waals surface area contributed by atoms with Gasteiger partial charge in [0.05, 0.1) is 6.61 Å². The Labute approximate surface area is 116 Å². The van der Waals surface area contributed by atoms with E-state index in [1.54, 1.807) is 6.20 Å². The van der Waals surface area contributed by atoms with E-state index >= 15 is 0 Å². The topological polar surface area (TPSA) is 43.4 Å². The monoisotopic (exact) mass is 266 g/mol. The molecule has 0 radical (unpaired) electrons. The number of pyridine rings is 1. The molecule has 1 N–H and O–H groups in total. The van der Waals surface area contributed by atoms with Crippen molar-refractivity contribution in [3.05, 3.63) is 23.9 Å². The van der Waals surface area contributed by atoms with Crippen molar-refractivity contribution < 1.29 is 9.47 Å². The molecule has 0 spiro atoms. The Morgan fingerprint density at radius 2 is 2.11 bits per heavy atom. The molecule has 108 valence electrons. The second kappa shape index (κ2) is 7.46. The van der Waals surface area contributed by atoms with E-state index in [1.165, 1.54) is 5.56 Å². The highest BCUT2D eigenvalue weighted by atomic mass is 16.5. The highest BCUT2D eigenvalue weighted by Crippen LogP contribution is 2.12. The fraction of sp³-hybridized carbons (Fsp3) is 0.667. The minimum absolute atomic E-state index is 0.0123. The SMILES string of the molecule is CCOCC(C)Oc1cc(CNC(C)(C)C)ccn1. The van der Waals surface area contributed by atoms with Gasteiger partial charge >= 0.3 is 0 Å². The highest BCUT2D eigenvalue weighted by molar-refractivity contribution is 5.20. The normalized spacial score (nSPS) is 13.3. The van der Waals surface area contributed by atoms with Gasteiger partial charge in [0.25, 0.3) is 0 Å². The van der Waals surface area contributed by atoms with Crippen LogP contribution in [-0.4, -0.2) is 29.8 Å². The van der Waals surface area contributed by atoms with Gasteiger partial charge in [0, 0.05) is 31.0 Å². The minimum atomic E-state index is 0.0123. The van der Waals surface area contributed by atoms with Crippen LogP contribution in [0.1, 0.15) is 40.2 Å². The molecule has 1 heterocycles. The standard InChI is InChI=1S/C15H26N2O2/c1-6-18-11-12(2)19-14-9-13(7-8-16-14)10-17-15(3,4)5/h7-9,12,17H,6,10-11H2,1-5H3. The van der Waals surface area contributed by atoms with Gasteiger partial charge in [-0.25, -0.2) is 4.98 Å². The van der Waals surface area contributed by atoms with Crippen LogP contribution >= 0.6 is 0 Å². The zero-order valence-corrected chi connectivity index (χ0v) is 12.7. The van der Waals surface area contributed by atoms with Gasteiger partial charge < -0.3 is 14.8 Å². The van der Waals surface area contributed by atoms with Crippen LogP contribution in [0.25, 0.3) is 0 Å². The van der Waals surface area contributed by atoms with Gasteiger partial charge in [-0.2, -0.15) is 0 Å². The summed E-state index contributed by atoms with van der Waals surface area (Å²) in [4.78, 5) is 4.23. The number of ether oxygens (including phenoxy) is 2. The molecular formula is C15H26N2O2. The summed E-state index contributed by atoms with van der Waals surface area (Å²) in [5, 5.41) is 3.44. The van der Waals surface area contributed by atoms with Crippen molar-refractivity contribution in [3.8, 4) is 5.88 Å². The number of hydrogen-bond donors (Lipinski definition) is 1. The van der Waals surface area contributed by atoms with E-state index in [2.05, 4.69) is 31.1 Å². The Hall–Kier alpha value is -1.13. The number of nitrogens with one attached hydrogen (secondary N) is 1. The summed E-state index contributed by atoms with van der Waals surface area (Å²) in [7, 11) is 0. The molecular weight excluding hydrogens is 240 g/mol. The van der Waals surface area contributed by atoms with E-state index < -0.39 is 0 Å². The van der Waals surface area contributed by atoms with Gasteiger partial charge in [-0.1, -0.05) is 0 Å². The molecule has 1 aromatic heterocycles. The van der Waals surface area contributed by atoms with Crippen LogP contribution in [0.15, 0.2) is 18.3 Å². The summed E-state index contributed by atoms with van der Waals surface area (Å²) in [6, 6.07) is 3.97. The van der Waals surface area contributed by atoms with Crippen molar-refractivity contribution in [2.75, 3.05) is 13.2 Å². The number of hydrogen-bond acceptors (Lipinski definition) is 4. The fourth-order valence-electron chi connectivity index (χ4n) is 1.52. The molecule has 0 aliphatic rings. The van der Waals surface area contributed by atoms with Crippen molar-refractivity contribution in [2.24, 2.45) is 0 Å². The summed E-state index contributed by atoms with van der Waals surface area (Å²) in [6.07, 6.45) is 1.79. The Bertz CT molecular complexity index is 375. The average molecular weight is 266 g/mol. The van der Waals surface area contributed by atoms with Crippen LogP contribution < -0.4 is 10.1 Å². The molecule has 1 atom stereocenters. The van der Waals surface area contributed by atoms with E-state index in [0.29, 0.717) is 19.1 Å². The second-order valence-electron chi connectivity index (χ2n) is 5.69. The van der Waals surface area contributed by atoms with Crippen molar-refractivity contribution in [2.45, 2.75) is 52.8 Å². The zero-order valence-electron chi connectivity index (χ0n) is 12.7. The Kier molecular flexibility index (Phi) is 6.25. The maximum absolute atomic E-state index is 5.73. The van der Waals surface area contributed by atoms with Crippen LogP contribution in [0.2, 0.25) is 0 Å². The molecule has 4 nitrogen and oxygen atoms in total. The number of nitrogens with zero attached hydrogens (tertiary/aromatic N) is 1. The zero-order chi connectivity index (χ0) is 14.3. The van der Waals surface area contributed by atoms with Gasteiger partial charge in [0.15, 0.2) is 0 Å². The van der Waals surface area contributed by atoms with Crippen molar-refractivity contribution in [1.29, 1.82) is 0 Å². The molecule has 4 heteroatoms. The summed E-state index contributed by atoms with van der Waals surface area (Å²) in [5.41, 5.74) is 1.27. The summed E-state index contributed by atoms with van der Waals surface area (Å²) in [6.45, 7) is 12.5. The predicted molar refractivity (Wildman–Crippen MR) is 77.4 cm³/mol. The third-order valence-electron chi connectivity index (χ3n) is 2.50. The number of rotatable bonds is 7.